The fourth-order valence-corrected chi connectivity index (χ4v) is 2.84. The van der Waals surface area contributed by atoms with Crippen molar-refractivity contribution in [3.05, 3.63) is 60.8 Å². The number of nitrogens with zero attached hydrogens (tertiary/aromatic N) is 1. The van der Waals surface area contributed by atoms with Gasteiger partial charge in [0.2, 0.25) is 5.91 Å². The average molecular weight is 349 g/mol. The summed E-state index contributed by atoms with van der Waals surface area (Å²) in [5.74, 6) is 2.36. The molecule has 0 radical (unpaired) electrons. The summed E-state index contributed by atoms with van der Waals surface area (Å²) in [6, 6.07) is 17.2. The molecule has 2 N–H and O–H groups in total. The van der Waals surface area contributed by atoms with Gasteiger partial charge < -0.3 is 14.8 Å². The van der Waals surface area contributed by atoms with Crippen molar-refractivity contribution >= 4 is 5.91 Å². The van der Waals surface area contributed by atoms with E-state index >= 15 is 0 Å². The van der Waals surface area contributed by atoms with Crippen LogP contribution in [-0.4, -0.2) is 28.8 Å². The van der Waals surface area contributed by atoms with Gasteiger partial charge in [0.15, 0.2) is 0 Å². The fraction of sp³-hybridized carbons (Fsp3) is 0.200. The highest BCUT2D eigenvalue weighted by Crippen LogP contribution is 2.27. The zero-order valence-corrected chi connectivity index (χ0v) is 14.1. The normalized spacial score (nSPS) is 16.8. The molecule has 0 aliphatic carbocycles. The molecule has 1 amide bonds. The molecule has 1 aliphatic rings. The molecular weight excluding hydrogens is 330 g/mol. The van der Waals surface area contributed by atoms with Crippen molar-refractivity contribution in [3.63, 3.8) is 0 Å². The second-order valence-corrected chi connectivity index (χ2v) is 6.14. The first kappa shape index (κ1) is 16.2. The smallest absolute Gasteiger partial charge is 0.220 e. The summed E-state index contributed by atoms with van der Waals surface area (Å²) >= 11 is 0. The van der Waals surface area contributed by atoms with E-state index in [9.17, 15) is 4.79 Å². The van der Waals surface area contributed by atoms with Gasteiger partial charge in [0.05, 0.1) is 12.2 Å². The topological polar surface area (TPSA) is 76.2 Å². The lowest BCUT2D eigenvalue weighted by Crippen LogP contribution is -2.40. The number of ether oxygens (including phenoxy) is 2. The molecule has 2 aromatic carbocycles. The number of piperidine rings is 1. The van der Waals surface area contributed by atoms with E-state index in [1.54, 1.807) is 6.20 Å². The molecule has 1 fully saturated rings. The summed E-state index contributed by atoms with van der Waals surface area (Å²) < 4.78 is 11.8. The average Bonchev–Trinajstić information content (AvgIpc) is 3.21. The Morgan fingerprint density at radius 2 is 1.62 bits per heavy atom. The SMILES string of the molecule is O=C1CC[C@@H](Oc2ccc(Oc3ccc(-c4cc[nH]n4)cc3)cc2)CN1. The lowest BCUT2D eigenvalue weighted by Gasteiger charge is -2.23. The number of H-pyrrole nitrogens is 1. The van der Waals surface area contributed by atoms with Crippen LogP contribution in [0.2, 0.25) is 0 Å². The number of amides is 1. The standard InChI is InChI=1S/C20H19N3O3/c24-20-10-9-18(13-21-20)26-17-7-5-16(6-8-17)25-15-3-1-14(2-4-15)19-11-12-22-23-19/h1-8,11-12,18H,9-10,13H2,(H,21,24)(H,22,23)/t18-/m1/s1. The summed E-state index contributed by atoms with van der Waals surface area (Å²) in [6.07, 6.45) is 3.08. The highest BCUT2D eigenvalue weighted by Gasteiger charge is 2.19. The largest absolute Gasteiger partial charge is 0.489 e. The Morgan fingerprint density at radius 1 is 0.923 bits per heavy atom. The first-order valence-corrected chi connectivity index (χ1v) is 8.58. The molecule has 6 heteroatoms. The second kappa shape index (κ2) is 7.31. The molecule has 1 aliphatic heterocycles. The van der Waals surface area contributed by atoms with Crippen molar-refractivity contribution in [3.8, 4) is 28.5 Å². The maximum Gasteiger partial charge on any atom is 0.220 e. The molecule has 1 aromatic heterocycles. The molecule has 132 valence electrons. The van der Waals surface area contributed by atoms with E-state index in [4.69, 9.17) is 9.47 Å². The number of rotatable bonds is 5. The molecule has 6 nitrogen and oxygen atoms in total. The van der Waals surface area contributed by atoms with E-state index in [0.717, 1.165) is 34.9 Å². The van der Waals surface area contributed by atoms with Crippen LogP contribution in [0.3, 0.4) is 0 Å². The van der Waals surface area contributed by atoms with Crippen LogP contribution in [0.25, 0.3) is 11.3 Å². The molecule has 0 spiro atoms. The van der Waals surface area contributed by atoms with Gasteiger partial charge in [-0.2, -0.15) is 5.10 Å². The summed E-state index contributed by atoms with van der Waals surface area (Å²) in [5.41, 5.74) is 1.93. The first-order chi connectivity index (χ1) is 12.8. The molecule has 0 saturated carbocycles. The predicted molar refractivity (Wildman–Crippen MR) is 97.2 cm³/mol. The van der Waals surface area contributed by atoms with Gasteiger partial charge in [-0.05, 0) is 61.0 Å². The minimum atomic E-state index is 0.0223. The quantitative estimate of drug-likeness (QED) is 0.739. The van der Waals surface area contributed by atoms with Crippen molar-refractivity contribution in [1.82, 2.24) is 15.5 Å². The molecule has 0 unspecified atom stereocenters. The van der Waals surface area contributed by atoms with Gasteiger partial charge in [0.1, 0.15) is 23.4 Å². The van der Waals surface area contributed by atoms with E-state index in [1.807, 2.05) is 54.6 Å². The van der Waals surface area contributed by atoms with Crippen LogP contribution in [0, 0.1) is 0 Å². The molecule has 3 aromatic rings. The lowest BCUT2D eigenvalue weighted by atomic mass is 10.1. The van der Waals surface area contributed by atoms with Crippen LogP contribution >= 0.6 is 0 Å². The van der Waals surface area contributed by atoms with Crippen LogP contribution in [0.15, 0.2) is 60.8 Å². The highest BCUT2D eigenvalue weighted by molar-refractivity contribution is 5.76. The Morgan fingerprint density at radius 3 is 2.23 bits per heavy atom. The third-order valence-electron chi connectivity index (χ3n) is 4.23. The molecule has 0 bridgehead atoms. The fourth-order valence-electron chi connectivity index (χ4n) is 2.84. The predicted octanol–water partition coefficient (Wildman–Crippen LogP) is 3.53. The van der Waals surface area contributed by atoms with E-state index < -0.39 is 0 Å². The number of aromatic amines is 1. The second-order valence-electron chi connectivity index (χ2n) is 6.14. The van der Waals surface area contributed by atoms with Crippen LogP contribution in [-0.2, 0) is 4.79 Å². The molecule has 26 heavy (non-hydrogen) atoms. The minimum Gasteiger partial charge on any atom is -0.489 e. The van der Waals surface area contributed by atoms with E-state index in [-0.39, 0.29) is 12.0 Å². The summed E-state index contributed by atoms with van der Waals surface area (Å²) in [5, 5.41) is 9.78. The third kappa shape index (κ3) is 3.85. The first-order valence-electron chi connectivity index (χ1n) is 8.58. The monoisotopic (exact) mass is 349 g/mol. The van der Waals surface area contributed by atoms with Gasteiger partial charge >= 0.3 is 0 Å². The third-order valence-corrected chi connectivity index (χ3v) is 4.23. The van der Waals surface area contributed by atoms with Crippen molar-refractivity contribution < 1.29 is 14.3 Å². The van der Waals surface area contributed by atoms with E-state index in [0.29, 0.717) is 13.0 Å². The lowest BCUT2D eigenvalue weighted by molar-refractivity contribution is -0.123. The Balaban J connectivity index is 1.36. The number of hydrogen-bond donors (Lipinski definition) is 2. The van der Waals surface area contributed by atoms with Gasteiger partial charge in [0.25, 0.3) is 0 Å². The van der Waals surface area contributed by atoms with Crippen molar-refractivity contribution in [1.29, 1.82) is 0 Å². The number of nitrogens with one attached hydrogen (secondary N) is 2. The van der Waals surface area contributed by atoms with Gasteiger partial charge in [-0.3, -0.25) is 9.89 Å². The van der Waals surface area contributed by atoms with Crippen LogP contribution in [0.5, 0.6) is 17.2 Å². The summed E-state index contributed by atoms with van der Waals surface area (Å²) in [6.45, 7) is 0.555. The zero-order valence-electron chi connectivity index (χ0n) is 14.1. The summed E-state index contributed by atoms with van der Waals surface area (Å²) in [4.78, 5) is 11.2. The Hall–Kier alpha value is -3.28. The zero-order chi connectivity index (χ0) is 17.8. The number of hydrogen-bond acceptors (Lipinski definition) is 4. The Bertz CT molecular complexity index is 848. The highest BCUT2D eigenvalue weighted by atomic mass is 16.5. The molecule has 1 saturated heterocycles. The summed E-state index contributed by atoms with van der Waals surface area (Å²) in [7, 11) is 0. The van der Waals surface area contributed by atoms with E-state index in [1.165, 1.54) is 0 Å². The molecule has 2 heterocycles. The maximum atomic E-state index is 11.2. The van der Waals surface area contributed by atoms with Gasteiger partial charge in [-0.25, -0.2) is 0 Å². The Kier molecular flexibility index (Phi) is 4.55. The van der Waals surface area contributed by atoms with Crippen molar-refractivity contribution in [2.75, 3.05) is 6.54 Å². The van der Waals surface area contributed by atoms with Crippen LogP contribution in [0.4, 0.5) is 0 Å². The van der Waals surface area contributed by atoms with Crippen LogP contribution in [0.1, 0.15) is 12.8 Å². The van der Waals surface area contributed by atoms with Gasteiger partial charge in [-0.15, -0.1) is 0 Å². The van der Waals surface area contributed by atoms with E-state index in [2.05, 4.69) is 15.5 Å². The van der Waals surface area contributed by atoms with Gasteiger partial charge in [-0.1, -0.05) is 0 Å². The maximum absolute atomic E-state index is 11.2. The Labute approximate surface area is 151 Å². The molecule has 1 atom stereocenters. The number of carbonyl (C=O) groups is 1. The molecular formula is C20H19N3O3. The molecule has 4 rings (SSSR count). The van der Waals surface area contributed by atoms with Crippen LogP contribution < -0.4 is 14.8 Å². The van der Waals surface area contributed by atoms with Crippen molar-refractivity contribution in [2.24, 2.45) is 0 Å². The van der Waals surface area contributed by atoms with Gasteiger partial charge in [0, 0.05) is 18.2 Å². The minimum absolute atomic E-state index is 0.0223. The number of aromatic nitrogens is 2. The number of carbonyl (C=O) groups excluding carboxylic acids is 1. The number of benzene rings is 2. The van der Waals surface area contributed by atoms with Crippen molar-refractivity contribution in [2.45, 2.75) is 18.9 Å².